The fraction of sp³-hybridized carbons (Fsp3) is 0.105. The third kappa shape index (κ3) is 3.33. The van der Waals surface area contributed by atoms with Crippen LogP contribution in [-0.4, -0.2) is 28.8 Å². The van der Waals surface area contributed by atoms with Crippen molar-refractivity contribution in [2.24, 2.45) is 0 Å². The number of aromatic nitrogens is 3. The third-order valence-corrected chi connectivity index (χ3v) is 5.48. The summed E-state index contributed by atoms with van der Waals surface area (Å²) in [6, 6.07) is 13.2. The quantitative estimate of drug-likeness (QED) is 0.484. The van der Waals surface area contributed by atoms with Gasteiger partial charge in [0.15, 0.2) is 17.3 Å². The average Bonchev–Trinajstić information content (AvgIpc) is 3.23. The molecule has 0 amide bonds. The van der Waals surface area contributed by atoms with Gasteiger partial charge in [0, 0.05) is 10.0 Å². The molecular formula is C19H14BrN3O3S. The van der Waals surface area contributed by atoms with Crippen molar-refractivity contribution in [1.82, 2.24) is 14.6 Å². The largest absolute Gasteiger partial charge is 0.493 e. The van der Waals surface area contributed by atoms with E-state index in [-0.39, 0.29) is 5.56 Å². The number of nitrogens with zero attached hydrogens (tertiary/aromatic N) is 3. The molecule has 0 bridgehead atoms. The van der Waals surface area contributed by atoms with Crippen molar-refractivity contribution in [2.45, 2.75) is 0 Å². The standard InChI is InChI=1S/C19H14BrN3O3S/c1-25-14-8-5-12(10-15(14)26-2)17-21-19-23(22-17)18(24)16(27-19)9-11-3-6-13(20)7-4-11/h3-10H,1-2H3/b16-9+. The van der Waals surface area contributed by atoms with E-state index >= 15 is 0 Å². The number of rotatable bonds is 4. The molecule has 0 radical (unpaired) electrons. The second-order valence-corrected chi connectivity index (χ2v) is 7.59. The fourth-order valence-electron chi connectivity index (χ4n) is 2.64. The zero-order valence-electron chi connectivity index (χ0n) is 14.5. The van der Waals surface area contributed by atoms with Crippen LogP contribution in [0.5, 0.6) is 11.5 Å². The number of thiazole rings is 1. The first-order valence-electron chi connectivity index (χ1n) is 7.98. The van der Waals surface area contributed by atoms with E-state index in [9.17, 15) is 4.79 Å². The molecule has 0 fully saturated rings. The second-order valence-electron chi connectivity index (χ2n) is 5.67. The summed E-state index contributed by atoms with van der Waals surface area (Å²) in [4.78, 5) is 17.7. The predicted octanol–water partition coefficient (Wildman–Crippen LogP) is 3.15. The normalized spacial score (nSPS) is 11.9. The van der Waals surface area contributed by atoms with Crippen molar-refractivity contribution in [3.05, 3.63) is 67.4 Å². The van der Waals surface area contributed by atoms with E-state index in [0.29, 0.717) is 26.8 Å². The Labute approximate surface area is 166 Å². The van der Waals surface area contributed by atoms with E-state index in [2.05, 4.69) is 26.0 Å². The Morgan fingerprint density at radius 2 is 1.81 bits per heavy atom. The smallest absolute Gasteiger partial charge is 0.291 e. The maximum Gasteiger partial charge on any atom is 0.291 e. The Kier molecular flexibility index (Phi) is 4.67. The summed E-state index contributed by atoms with van der Waals surface area (Å²) in [6.45, 7) is 0. The highest BCUT2D eigenvalue weighted by Gasteiger charge is 2.14. The van der Waals surface area contributed by atoms with Crippen molar-refractivity contribution < 1.29 is 9.47 Å². The van der Waals surface area contributed by atoms with Crippen LogP contribution in [0.2, 0.25) is 0 Å². The molecule has 136 valence electrons. The Balaban J connectivity index is 1.77. The first-order valence-corrected chi connectivity index (χ1v) is 9.59. The summed E-state index contributed by atoms with van der Waals surface area (Å²) in [5.74, 6) is 1.67. The van der Waals surface area contributed by atoms with Gasteiger partial charge in [0.1, 0.15) is 0 Å². The van der Waals surface area contributed by atoms with E-state index in [1.165, 1.54) is 15.9 Å². The van der Waals surface area contributed by atoms with Gasteiger partial charge < -0.3 is 9.47 Å². The number of methoxy groups -OCH3 is 2. The lowest BCUT2D eigenvalue weighted by atomic mass is 10.2. The van der Waals surface area contributed by atoms with Gasteiger partial charge in [-0.05, 0) is 42.0 Å². The minimum absolute atomic E-state index is 0.183. The zero-order chi connectivity index (χ0) is 19.0. The topological polar surface area (TPSA) is 65.7 Å². The number of hydrogen-bond acceptors (Lipinski definition) is 6. The van der Waals surface area contributed by atoms with Gasteiger partial charge in [-0.2, -0.15) is 9.50 Å². The molecule has 8 heteroatoms. The van der Waals surface area contributed by atoms with Crippen LogP contribution in [0.1, 0.15) is 5.56 Å². The molecule has 6 nitrogen and oxygen atoms in total. The second kappa shape index (κ2) is 7.13. The highest BCUT2D eigenvalue weighted by Crippen LogP contribution is 2.31. The summed E-state index contributed by atoms with van der Waals surface area (Å²) in [6.07, 6.45) is 1.84. The Hall–Kier alpha value is -2.71. The Bertz CT molecular complexity index is 1230. The van der Waals surface area contributed by atoms with Gasteiger partial charge in [0.25, 0.3) is 5.56 Å². The number of fused-ring (bicyclic) bond motifs is 1. The van der Waals surface area contributed by atoms with Crippen LogP contribution in [0, 0.1) is 0 Å². The summed E-state index contributed by atoms with van der Waals surface area (Å²) in [7, 11) is 3.15. The van der Waals surface area contributed by atoms with E-state index in [0.717, 1.165) is 15.6 Å². The molecule has 0 spiro atoms. The molecule has 0 aliphatic carbocycles. The molecule has 4 aromatic rings. The molecule has 27 heavy (non-hydrogen) atoms. The van der Waals surface area contributed by atoms with Crippen LogP contribution in [0.25, 0.3) is 22.4 Å². The van der Waals surface area contributed by atoms with Gasteiger partial charge in [-0.25, -0.2) is 0 Å². The summed E-state index contributed by atoms with van der Waals surface area (Å²) in [5, 5.41) is 4.37. The molecule has 0 unspecified atom stereocenters. The van der Waals surface area contributed by atoms with Crippen molar-refractivity contribution >= 4 is 38.3 Å². The number of hydrogen-bond donors (Lipinski definition) is 0. The highest BCUT2D eigenvalue weighted by atomic mass is 79.9. The first kappa shape index (κ1) is 17.7. The summed E-state index contributed by atoms with van der Waals surface area (Å²) in [5.41, 5.74) is 1.51. The van der Waals surface area contributed by atoms with E-state index in [4.69, 9.17) is 9.47 Å². The Morgan fingerprint density at radius 1 is 1.07 bits per heavy atom. The minimum Gasteiger partial charge on any atom is -0.493 e. The monoisotopic (exact) mass is 443 g/mol. The first-order chi connectivity index (χ1) is 13.1. The van der Waals surface area contributed by atoms with E-state index < -0.39 is 0 Å². The molecule has 2 aromatic carbocycles. The van der Waals surface area contributed by atoms with Crippen molar-refractivity contribution in [1.29, 1.82) is 0 Å². The molecule has 0 atom stereocenters. The minimum atomic E-state index is -0.183. The maximum absolute atomic E-state index is 12.7. The number of ether oxygens (including phenoxy) is 2. The molecule has 2 aromatic heterocycles. The number of halogens is 1. The van der Waals surface area contributed by atoms with Crippen LogP contribution in [0.4, 0.5) is 0 Å². The lowest BCUT2D eigenvalue weighted by molar-refractivity contribution is 0.355. The van der Waals surface area contributed by atoms with E-state index in [1.54, 1.807) is 26.4 Å². The van der Waals surface area contributed by atoms with Crippen molar-refractivity contribution in [2.75, 3.05) is 14.2 Å². The molecule has 0 N–H and O–H groups in total. The summed E-state index contributed by atoms with van der Waals surface area (Å²) < 4.78 is 13.5. The van der Waals surface area contributed by atoms with Gasteiger partial charge in [-0.15, -0.1) is 5.10 Å². The van der Waals surface area contributed by atoms with Crippen LogP contribution in [0.3, 0.4) is 0 Å². The molecule has 4 rings (SSSR count). The van der Waals surface area contributed by atoms with E-state index in [1.807, 2.05) is 36.4 Å². The predicted molar refractivity (Wildman–Crippen MR) is 109 cm³/mol. The van der Waals surface area contributed by atoms with Gasteiger partial charge in [-0.1, -0.05) is 39.4 Å². The SMILES string of the molecule is COc1ccc(-c2nc3s/c(=C/c4ccc(Br)cc4)c(=O)n3n2)cc1OC. The number of benzene rings is 2. The van der Waals surface area contributed by atoms with Gasteiger partial charge in [-0.3, -0.25) is 4.79 Å². The van der Waals surface area contributed by atoms with Crippen LogP contribution >= 0.6 is 27.3 Å². The highest BCUT2D eigenvalue weighted by molar-refractivity contribution is 9.10. The van der Waals surface area contributed by atoms with Crippen LogP contribution in [-0.2, 0) is 0 Å². The lowest BCUT2D eigenvalue weighted by Crippen LogP contribution is -2.23. The lowest BCUT2D eigenvalue weighted by Gasteiger charge is -2.07. The van der Waals surface area contributed by atoms with Crippen molar-refractivity contribution in [3.8, 4) is 22.9 Å². The molecular weight excluding hydrogens is 430 g/mol. The molecule has 0 aliphatic rings. The molecule has 0 aliphatic heterocycles. The molecule has 2 heterocycles. The van der Waals surface area contributed by atoms with Gasteiger partial charge >= 0.3 is 0 Å². The zero-order valence-corrected chi connectivity index (χ0v) is 16.9. The molecule has 0 saturated carbocycles. The Morgan fingerprint density at radius 3 is 2.48 bits per heavy atom. The third-order valence-electron chi connectivity index (χ3n) is 3.99. The van der Waals surface area contributed by atoms with Crippen LogP contribution in [0.15, 0.2) is 51.7 Å². The summed E-state index contributed by atoms with van der Waals surface area (Å²) >= 11 is 4.71. The van der Waals surface area contributed by atoms with Crippen LogP contribution < -0.4 is 19.6 Å². The van der Waals surface area contributed by atoms with Gasteiger partial charge in [0.2, 0.25) is 4.96 Å². The molecule has 0 saturated heterocycles. The average molecular weight is 444 g/mol. The maximum atomic E-state index is 12.7. The van der Waals surface area contributed by atoms with Crippen molar-refractivity contribution in [3.63, 3.8) is 0 Å². The van der Waals surface area contributed by atoms with Gasteiger partial charge in [0.05, 0.1) is 18.8 Å². The fourth-order valence-corrected chi connectivity index (χ4v) is 3.81.